The van der Waals surface area contributed by atoms with E-state index in [0.29, 0.717) is 24.1 Å². The maximum atomic E-state index is 12.8. The van der Waals surface area contributed by atoms with Crippen LogP contribution < -0.4 is 16.2 Å². The fourth-order valence-electron chi connectivity index (χ4n) is 3.15. The Morgan fingerprint density at radius 3 is 2.42 bits per heavy atom. The van der Waals surface area contributed by atoms with Gasteiger partial charge in [0.15, 0.2) is 10.9 Å². The molecule has 8 nitrogen and oxygen atoms in total. The molecule has 9 heteroatoms. The minimum absolute atomic E-state index is 0.0965. The number of carbonyl (C=O) groups is 2. The van der Waals surface area contributed by atoms with E-state index >= 15 is 0 Å². The third kappa shape index (κ3) is 5.87. The molecular weight excluding hydrogens is 438 g/mol. The lowest BCUT2D eigenvalue weighted by Crippen LogP contribution is -2.26. The summed E-state index contributed by atoms with van der Waals surface area (Å²) in [6.45, 7) is 7.59. The van der Waals surface area contributed by atoms with Crippen molar-refractivity contribution >= 4 is 35.0 Å². The highest BCUT2D eigenvalue weighted by Crippen LogP contribution is 2.26. The standard InChI is InChI=1S/C24H27N5O3S/c1-5-19(22(31)26-17-13-9-10-14(3)15(17)4)33-24-27-23(32)21(28-29-24)16-11-7-8-12-18(16)25-20(30)6-2/h7-13,19H,5-6H2,1-4H3,(H,25,30)(H,26,31)(H,27,29,32)/t19-/m1/s1. The van der Waals surface area contributed by atoms with Crippen molar-refractivity contribution in [1.82, 2.24) is 15.2 Å². The minimum Gasteiger partial charge on any atom is -0.325 e. The molecule has 2 amide bonds. The molecule has 3 N–H and O–H groups in total. The zero-order valence-electron chi connectivity index (χ0n) is 19.1. The lowest BCUT2D eigenvalue weighted by Gasteiger charge is -2.16. The molecule has 0 fully saturated rings. The molecule has 0 bridgehead atoms. The molecule has 1 heterocycles. The minimum atomic E-state index is -0.461. The van der Waals surface area contributed by atoms with Crippen molar-refractivity contribution in [3.05, 3.63) is 63.9 Å². The van der Waals surface area contributed by atoms with Gasteiger partial charge in [-0.15, -0.1) is 10.2 Å². The molecule has 3 aromatic rings. The number of thioether (sulfide) groups is 1. The summed E-state index contributed by atoms with van der Waals surface area (Å²) in [4.78, 5) is 40.2. The second-order valence-electron chi connectivity index (χ2n) is 7.51. The average molecular weight is 466 g/mol. The van der Waals surface area contributed by atoms with Gasteiger partial charge >= 0.3 is 0 Å². The molecule has 0 saturated heterocycles. The Bertz CT molecular complexity index is 1220. The zero-order chi connectivity index (χ0) is 24.0. The van der Waals surface area contributed by atoms with Crippen LogP contribution in [0.15, 0.2) is 52.4 Å². The number of aromatic amines is 1. The summed E-state index contributed by atoms with van der Waals surface area (Å²) in [6, 6.07) is 12.7. The van der Waals surface area contributed by atoms with Crippen molar-refractivity contribution in [1.29, 1.82) is 0 Å². The second kappa shape index (κ2) is 10.9. The van der Waals surface area contributed by atoms with Crippen molar-refractivity contribution in [2.24, 2.45) is 0 Å². The summed E-state index contributed by atoms with van der Waals surface area (Å²) in [5, 5.41) is 13.8. The molecule has 0 aliphatic rings. The topological polar surface area (TPSA) is 117 Å². The number of aromatic nitrogens is 3. The van der Waals surface area contributed by atoms with Gasteiger partial charge in [0.2, 0.25) is 11.8 Å². The van der Waals surface area contributed by atoms with E-state index in [4.69, 9.17) is 0 Å². The van der Waals surface area contributed by atoms with Gasteiger partial charge in [-0.25, -0.2) is 0 Å². The summed E-state index contributed by atoms with van der Waals surface area (Å²) in [5.74, 6) is -0.338. The molecule has 0 aliphatic carbocycles. The number of carbonyl (C=O) groups excluding carboxylic acids is 2. The molecule has 0 spiro atoms. The van der Waals surface area contributed by atoms with E-state index in [1.807, 2.05) is 39.0 Å². The summed E-state index contributed by atoms with van der Waals surface area (Å²) in [7, 11) is 0. The Hall–Kier alpha value is -3.46. The maximum Gasteiger partial charge on any atom is 0.278 e. The summed E-state index contributed by atoms with van der Waals surface area (Å²) in [6.07, 6.45) is 0.854. The molecule has 172 valence electrons. The SMILES string of the molecule is CCC(=O)Nc1ccccc1-c1nnc(S[C@H](CC)C(=O)Nc2cccc(C)c2C)[nH]c1=O. The Morgan fingerprint density at radius 2 is 1.73 bits per heavy atom. The van der Waals surface area contributed by atoms with Crippen LogP contribution in [0.5, 0.6) is 0 Å². The third-order valence-corrected chi connectivity index (χ3v) is 6.47. The normalized spacial score (nSPS) is 11.6. The van der Waals surface area contributed by atoms with Gasteiger partial charge < -0.3 is 10.6 Å². The number of nitrogens with one attached hydrogen (secondary N) is 3. The predicted octanol–water partition coefficient (Wildman–Crippen LogP) is 4.31. The molecule has 0 radical (unpaired) electrons. The molecule has 0 unspecified atom stereocenters. The largest absolute Gasteiger partial charge is 0.325 e. The maximum absolute atomic E-state index is 12.8. The van der Waals surface area contributed by atoms with Crippen molar-refractivity contribution < 1.29 is 9.59 Å². The fourth-order valence-corrected chi connectivity index (χ4v) is 3.99. The van der Waals surface area contributed by atoms with Gasteiger partial charge in [0, 0.05) is 17.7 Å². The van der Waals surface area contributed by atoms with Gasteiger partial charge in [-0.3, -0.25) is 19.4 Å². The van der Waals surface area contributed by atoms with Gasteiger partial charge in [0.25, 0.3) is 5.56 Å². The van der Waals surface area contributed by atoms with Gasteiger partial charge in [-0.2, -0.15) is 0 Å². The molecule has 2 aromatic carbocycles. The Kier molecular flexibility index (Phi) is 8.00. The van der Waals surface area contributed by atoms with Crippen molar-refractivity contribution in [2.75, 3.05) is 10.6 Å². The first-order valence-corrected chi connectivity index (χ1v) is 11.6. The molecule has 0 saturated carbocycles. The van der Waals surface area contributed by atoms with Crippen molar-refractivity contribution in [3.63, 3.8) is 0 Å². The van der Waals surface area contributed by atoms with Crippen LogP contribution >= 0.6 is 11.8 Å². The number of para-hydroxylation sites is 1. The lowest BCUT2D eigenvalue weighted by atomic mass is 10.1. The number of aryl methyl sites for hydroxylation is 1. The van der Waals surface area contributed by atoms with E-state index in [9.17, 15) is 14.4 Å². The van der Waals surface area contributed by atoms with Crippen LogP contribution in [0.1, 0.15) is 37.8 Å². The third-order valence-electron chi connectivity index (χ3n) is 5.23. The van der Waals surface area contributed by atoms with E-state index in [0.717, 1.165) is 28.6 Å². The number of benzene rings is 2. The van der Waals surface area contributed by atoms with Crippen LogP contribution in [0.2, 0.25) is 0 Å². The van der Waals surface area contributed by atoms with Gasteiger partial charge in [0.1, 0.15) is 0 Å². The van der Waals surface area contributed by atoms with Crippen LogP contribution in [-0.4, -0.2) is 32.2 Å². The number of hydrogen-bond acceptors (Lipinski definition) is 6. The Labute approximate surface area is 196 Å². The number of amides is 2. The van der Waals surface area contributed by atoms with Gasteiger partial charge in [-0.05, 0) is 43.5 Å². The second-order valence-corrected chi connectivity index (χ2v) is 8.70. The van der Waals surface area contributed by atoms with E-state index in [-0.39, 0.29) is 22.7 Å². The fraction of sp³-hybridized carbons (Fsp3) is 0.292. The summed E-state index contributed by atoms with van der Waals surface area (Å²) < 4.78 is 0. The van der Waals surface area contributed by atoms with E-state index in [1.165, 1.54) is 0 Å². The van der Waals surface area contributed by atoms with Crippen LogP contribution in [0.4, 0.5) is 11.4 Å². The van der Waals surface area contributed by atoms with Crippen LogP contribution in [-0.2, 0) is 9.59 Å². The molecule has 1 atom stereocenters. The van der Waals surface area contributed by atoms with Crippen LogP contribution in [0.25, 0.3) is 11.3 Å². The van der Waals surface area contributed by atoms with E-state index in [2.05, 4.69) is 25.8 Å². The lowest BCUT2D eigenvalue weighted by molar-refractivity contribution is -0.116. The molecule has 1 aromatic heterocycles. The van der Waals surface area contributed by atoms with Crippen LogP contribution in [0.3, 0.4) is 0 Å². The van der Waals surface area contributed by atoms with Crippen molar-refractivity contribution in [3.8, 4) is 11.3 Å². The molecular formula is C24H27N5O3S. The molecule has 3 rings (SSSR count). The first-order valence-electron chi connectivity index (χ1n) is 10.7. The van der Waals surface area contributed by atoms with E-state index in [1.54, 1.807) is 31.2 Å². The highest BCUT2D eigenvalue weighted by atomic mass is 32.2. The number of nitrogens with zero attached hydrogens (tertiary/aromatic N) is 2. The predicted molar refractivity (Wildman–Crippen MR) is 131 cm³/mol. The summed E-state index contributed by atoms with van der Waals surface area (Å²) >= 11 is 1.15. The highest BCUT2D eigenvalue weighted by molar-refractivity contribution is 8.00. The Balaban J connectivity index is 1.80. The first kappa shape index (κ1) is 24.2. The Morgan fingerprint density at radius 1 is 1.00 bits per heavy atom. The number of H-pyrrole nitrogens is 1. The zero-order valence-corrected chi connectivity index (χ0v) is 19.9. The van der Waals surface area contributed by atoms with Crippen LogP contribution in [0, 0.1) is 13.8 Å². The number of anilines is 2. The quantitative estimate of drug-likeness (QED) is 0.427. The smallest absolute Gasteiger partial charge is 0.278 e. The first-order chi connectivity index (χ1) is 15.8. The van der Waals surface area contributed by atoms with E-state index < -0.39 is 10.8 Å². The van der Waals surface area contributed by atoms with Gasteiger partial charge in [-0.1, -0.05) is 55.9 Å². The molecule has 33 heavy (non-hydrogen) atoms. The van der Waals surface area contributed by atoms with Crippen molar-refractivity contribution in [2.45, 2.75) is 50.9 Å². The highest BCUT2D eigenvalue weighted by Gasteiger charge is 2.21. The average Bonchev–Trinajstić information content (AvgIpc) is 2.81. The molecule has 0 aliphatic heterocycles. The number of hydrogen-bond donors (Lipinski definition) is 3. The number of rotatable bonds is 8. The van der Waals surface area contributed by atoms with Gasteiger partial charge in [0.05, 0.1) is 10.9 Å². The summed E-state index contributed by atoms with van der Waals surface area (Å²) in [5.41, 5.74) is 3.48. The monoisotopic (exact) mass is 465 g/mol.